The summed E-state index contributed by atoms with van der Waals surface area (Å²) in [5, 5.41) is 2.66. The number of hydrogen-bond acceptors (Lipinski definition) is 3. The SMILES string of the molecule is CC(C)Oc1ccc(C(=O)NCC(=O)N2CCCC2)cc1. The molecular formula is C16H22N2O3. The van der Waals surface area contributed by atoms with Crippen molar-refractivity contribution in [1.82, 2.24) is 10.2 Å². The Hall–Kier alpha value is -2.04. The lowest BCUT2D eigenvalue weighted by Crippen LogP contribution is -2.38. The Morgan fingerprint density at radius 1 is 1.19 bits per heavy atom. The number of carbonyl (C=O) groups is 2. The molecule has 0 unspecified atom stereocenters. The molecule has 0 bridgehead atoms. The van der Waals surface area contributed by atoms with E-state index >= 15 is 0 Å². The quantitative estimate of drug-likeness (QED) is 0.900. The first kappa shape index (κ1) is 15.4. The van der Waals surface area contributed by atoms with Gasteiger partial charge in [-0.05, 0) is 51.0 Å². The standard InChI is InChI=1S/C16H22N2O3/c1-12(2)21-14-7-5-13(6-8-14)16(20)17-11-15(19)18-9-3-4-10-18/h5-8,12H,3-4,9-11H2,1-2H3,(H,17,20). The Labute approximate surface area is 125 Å². The van der Waals surface area contributed by atoms with E-state index in [2.05, 4.69) is 5.32 Å². The summed E-state index contributed by atoms with van der Waals surface area (Å²) >= 11 is 0. The minimum Gasteiger partial charge on any atom is -0.491 e. The highest BCUT2D eigenvalue weighted by molar-refractivity contribution is 5.96. The zero-order chi connectivity index (χ0) is 15.2. The Morgan fingerprint density at radius 2 is 1.81 bits per heavy atom. The number of ether oxygens (including phenoxy) is 1. The molecule has 5 nitrogen and oxygen atoms in total. The molecule has 1 fully saturated rings. The number of rotatable bonds is 5. The van der Waals surface area contributed by atoms with Gasteiger partial charge < -0.3 is 15.0 Å². The molecule has 21 heavy (non-hydrogen) atoms. The van der Waals surface area contributed by atoms with Crippen LogP contribution in [0.1, 0.15) is 37.0 Å². The van der Waals surface area contributed by atoms with Gasteiger partial charge in [0.05, 0.1) is 12.6 Å². The predicted octanol–water partition coefficient (Wildman–Crippen LogP) is 1.83. The second-order valence-corrected chi connectivity index (χ2v) is 5.46. The number of nitrogens with one attached hydrogen (secondary N) is 1. The molecule has 1 aliphatic rings. The molecule has 0 atom stereocenters. The molecule has 114 valence electrons. The van der Waals surface area contributed by atoms with Gasteiger partial charge in [-0.2, -0.15) is 0 Å². The third-order valence-corrected chi connectivity index (χ3v) is 3.35. The molecule has 2 amide bonds. The largest absolute Gasteiger partial charge is 0.491 e. The molecule has 5 heteroatoms. The van der Waals surface area contributed by atoms with Crippen molar-refractivity contribution < 1.29 is 14.3 Å². The normalized spacial score (nSPS) is 14.3. The molecule has 1 aromatic carbocycles. The Balaban J connectivity index is 1.83. The van der Waals surface area contributed by atoms with Gasteiger partial charge in [-0.3, -0.25) is 9.59 Å². The summed E-state index contributed by atoms with van der Waals surface area (Å²) in [5.41, 5.74) is 0.528. The van der Waals surface area contributed by atoms with Gasteiger partial charge >= 0.3 is 0 Å². The van der Waals surface area contributed by atoms with Crippen LogP contribution in [0.25, 0.3) is 0 Å². The van der Waals surface area contributed by atoms with E-state index in [1.807, 2.05) is 13.8 Å². The highest BCUT2D eigenvalue weighted by atomic mass is 16.5. The average Bonchev–Trinajstić information content (AvgIpc) is 2.99. The average molecular weight is 290 g/mol. The molecule has 0 radical (unpaired) electrons. The maximum absolute atomic E-state index is 12.0. The van der Waals surface area contributed by atoms with Crippen LogP contribution in [0.2, 0.25) is 0 Å². The van der Waals surface area contributed by atoms with Crippen LogP contribution in [0.15, 0.2) is 24.3 Å². The summed E-state index contributed by atoms with van der Waals surface area (Å²) < 4.78 is 5.52. The lowest BCUT2D eigenvalue weighted by Gasteiger charge is -2.15. The van der Waals surface area contributed by atoms with Gasteiger partial charge in [-0.15, -0.1) is 0 Å². The van der Waals surface area contributed by atoms with Gasteiger partial charge in [-0.25, -0.2) is 0 Å². The van der Waals surface area contributed by atoms with Gasteiger partial charge in [0.2, 0.25) is 5.91 Å². The fraction of sp³-hybridized carbons (Fsp3) is 0.500. The van der Waals surface area contributed by atoms with Crippen LogP contribution >= 0.6 is 0 Å². The number of benzene rings is 1. The summed E-state index contributed by atoms with van der Waals surface area (Å²) in [6, 6.07) is 6.93. The minimum atomic E-state index is -0.237. The van der Waals surface area contributed by atoms with E-state index < -0.39 is 0 Å². The van der Waals surface area contributed by atoms with Crippen LogP contribution in [0, 0.1) is 0 Å². The van der Waals surface area contributed by atoms with E-state index in [4.69, 9.17) is 4.74 Å². The zero-order valence-corrected chi connectivity index (χ0v) is 12.6. The third kappa shape index (κ3) is 4.48. The van der Waals surface area contributed by atoms with Crippen LogP contribution in [0.4, 0.5) is 0 Å². The van der Waals surface area contributed by atoms with Crippen LogP contribution in [0.3, 0.4) is 0 Å². The van der Waals surface area contributed by atoms with Crippen molar-refractivity contribution in [1.29, 1.82) is 0 Å². The van der Waals surface area contributed by atoms with Crippen molar-refractivity contribution in [3.63, 3.8) is 0 Å². The fourth-order valence-electron chi connectivity index (χ4n) is 2.29. The molecule has 1 heterocycles. The minimum absolute atomic E-state index is 0.0133. The number of carbonyl (C=O) groups excluding carboxylic acids is 2. The lowest BCUT2D eigenvalue weighted by molar-refractivity contribution is -0.129. The second kappa shape index (κ2) is 7.11. The van der Waals surface area contributed by atoms with Crippen LogP contribution in [-0.4, -0.2) is 42.5 Å². The van der Waals surface area contributed by atoms with Crippen molar-refractivity contribution in [2.75, 3.05) is 19.6 Å². The molecule has 1 aliphatic heterocycles. The zero-order valence-electron chi connectivity index (χ0n) is 12.6. The van der Waals surface area contributed by atoms with Crippen LogP contribution < -0.4 is 10.1 Å². The smallest absolute Gasteiger partial charge is 0.251 e. The second-order valence-electron chi connectivity index (χ2n) is 5.46. The van der Waals surface area contributed by atoms with Crippen LogP contribution in [-0.2, 0) is 4.79 Å². The van der Waals surface area contributed by atoms with Crippen LogP contribution in [0.5, 0.6) is 5.75 Å². The predicted molar refractivity (Wildman–Crippen MR) is 80.4 cm³/mol. The summed E-state index contributed by atoms with van der Waals surface area (Å²) in [4.78, 5) is 25.6. The molecular weight excluding hydrogens is 268 g/mol. The molecule has 2 rings (SSSR count). The van der Waals surface area contributed by atoms with E-state index in [0.717, 1.165) is 31.7 Å². The van der Waals surface area contributed by atoms with E-state index in [-0.39, 0.29) is 24.5 Å². The summed E-state index contributed by atoms with van der Waals surface area (Å²) in [5.74, 6) is 0.481. The highest BCUT2D eigenvalue weighted by Crippen LogP contribution is 2.13. The molecule has 1 N–H and O–H groups in total. The van der Waals surface area contributed by atoms with Gasteiger partial charge in [0, 0.05) is 18.7 Å². The maximum atomic E-state index is 12.0. The summed E-state index contributed by atoms with van der Waals surface area (Å²) in [6.07, 6.45) is 2.20. The Kier molecular flexibility index (Phi) is 5.20. The van der Waals surface area contributed by atoms with E-state index in [1.54, 1.807) is 29.2 Å². The number of likely N-dealkylation sites (tertiary alicyclic amines) is 1. The first-order chi connectivity index (χ1) is 10.1. The summed E-state index contributed by atoms with van der Waals surface area (Å²) in [6.45, 7) is 5.56. The van der Waals surface area contributed by atoms with Gasteiger partial charge in [0.1, 0.15) is 5.75 Å². The number of nitrogens with zero attached hydrogens (tertiary/aromatic N) is 1. The summed E-state index contributed by atoms with van der Waals surface area (Å²) in [7, 11) is 0. The molecule has 0 saturated carbocycles. The molecule has 0 spiro atoms. The number of amides is 2. The molecule has 0 aliphatic carbocycles. The van der Waals surface area contributed by atoms with Crippen molar-refractivity contribution >= 4 is 11.8 Å². The topological polar surface area (TPSA) is 58.6 Å². The monoisotopic (exact) mass is 290 g/mol. The van der Waals surface area contributed by atoms with Crippen molar-refractivity contribution in [3.8, 4) is 5.75 Å². The van der Waals surface area contributed by atoms with Crippen molar-refractivity contribution in [3.05, 3.63) is 29.8 Å². The maximum Gasteiger partial charge on any atom is 0.251 e. The van der Waals surface area contributed by atoms with Crippen molar-refractivity contribution in [2.45, 2.75) is 32.8 Å². The highest BCUT2D eigenvalue weighted by Gasteiger charge is 2.18. The van der Waals surface area contributed by atoms with Crippen molar-refractivity contribution in [2.24, 2.45) is 0 Å². The Bertz CT molecular complexity index is 491. The first-order valence-corrected chi connectivity index (χ1v) is 7.39. The molecule has 1 aromatic rings. The first-order valence-electron chi connectivity index (χ1n) is 7.39. The van der Waals surface area contributed by atoms with E-state index in [9.17, 15) is 9.59 Å². The van der Waals surface area contributed by atoms with E-state index in [0.29, 0.717) is 5.56 Å². The third-order valence-electron chi connectivity index (χ3n) is 3.35. The van der Waals surface area contributed by atoms with Gasteiger partial charge in [-0.1, -0.05) is 0 Å². The fourth-order valence-corrected chi connectivity index (χ4v) is 2.29. The lowest BCUT2D eigenvalue weighted by atomic mass is 10.2. The Morgan fingerprint density at radius 3 is 2.38 bits per heavy atom. The number of hydrogen-bond donors (Lipinski definition) is 1. The molecule has 1 saturated heterocycles. The molecule has 0 aromatic heterocycles. The van der Waals surface area contributed by atoms with E-state index in [1.165, 1.54) is 0 Å². The van der Waals surface area contributed by atoms with Gasteiger partial charge in [0.25, 0.3) is 5.91 Å². The van der Waals surface area contributed by atoms with Gasteiger partial charge in [0.15, 0.2) is 0 Å².